The van der Waals surface area contributed by atoms with Crippen molar-refractivity contribution in [3.05, 3.63) is 107 Å². The Labute approximate surface area is 197 Å². The van der Waals surface area contributed by atoms with E-state index in [4.69, 9.17) is 9.47 Å². The van der Waals surface area contributed by atoms with Gasteiger partial charge in [-0.15, -0.1) is 0 Å². The fourth-order valence-electron chi connectivity index (χ4n) is 3.62. The van der Waals surface area contributed by atoms with Crippen molar-refractivity contribution in [2.24, 2.45) is 0 Å². The van der Waals surface area contributed by atoms with Crippen LogP contribution in [0.25, 0.3) is 35.2 Å². The molecule has 3 aromatic heterocycles. The number of hydrogen-bond donors (Lipinski definition) is 2. The van der Waals surface area contributed by atoms with Crippen LogP contribution in [0.15, 0.2) is 79.3 Å². The Bertz CT molecular complexity index is 1450. The monoisotopic (exact) mass is 448 g/mol. The van der Waals surface area contributed by atoms with E-state index in [0.717, 1.165) is 45.1 Å². The van der Waals surface area contributed by atoms with E-state index < -0.39 is 0 Å². The number of aromatic amines is 2. The Morgan fingerprint density at radius 2 is 1.79 bits per heavy atom. The molecule has 0 aliphatic rings. The van der Waals surface area contributed by atoms with Gasteiger partial charge in [0.1, 0.15) is 18.1 Å². The molecular formula is C28H24N4O2. The first-order valence-electron chi connectivity index (χ1n) is 11.0. The Hall–Kier alpha value is -4.58. The summed E-state index contributed by atoms with van der Waals surface area (Å²) in [7, 11) is 1.66. The molecule has 0 saturated carbocycles. The van der Waals surface area contributed by atoms with Crippen LogP contribution < -0.4 is 9.47 Å². The average Bonchev–Trinajstić information content (AvgIpc) is 3.55. The quantitative estimate of drug-likeness (QED) is 0.296. The third-order valence-corrected chi connectivity index (χ3v) is 5.44. The second-order valence-corrected chi connectivity index (χ2v) is 7.79. The standard InChI is InChI=1S/C28H24N4O2/c1-33-28-18-26(34-19-21-10-13-29-14-11-21)8-5-22(28)4-7-25-17-24(31-32-25)6-2-20-3-9-27-23(16-20)12-15-30-27/h2-18,30H,19H2,1H3,(H,31,32). The predicted octanol–water partition coefficient (Wildman–Crippen LogP) is 6.21. The van der Waals surface area contributed by atoms with Gasteiger partial charge in [-0.2, -0.15) is 5.10 Å². The Kier molecular flexibility index (Phi) is 6.21. The van der Waals surface area contributed by atoms with Gasteiger partial charge in [-0.25, -0.2) is 0 Å². The zero-order valence-corrected chi connectivity index (χ0v) is 18.7. The molecule has 0 amide bonds. The second-order valence-electron chi connectivity index (χ2n) is 7.79. The van der Waals surface area contributed by atoms with Crippen LogP contribution in [-0.2, 0) is 6.61 Å². The molecule has 6 nitrogen and oxygen atoms in total. The molecule has 0 bridgehead atoms. The summed E-state index contributed by atoms with van der Waals surface area (Å²) in [6.45, 7) is 0.477. The molecule has 0 radical (unpaired) electrons. The molecule has 0 fully saturated rings. The van der Waals surface area contributed by atoms with Crippen molar-refractivity contribution in [2.45, 2.75) is 6.61 Å². The maximum atomic E-state index is 5.88. The maximum Gasteiger partial charge on any atom is 0.129 e. The summed E-state index contributed by atoms with van der Waals surface area (Å²) in [6.07, 6.45) is 13.5. The molecule has 2 aromatic carbocycles. The zero-order chi connectivity index (χ0) is 23.2. The summed E-state index contributed by atoms with van der Waals surface area (Å²) in [5.74, 6) is 1.49. The minimum absolute atomic E-state index is 0.477. The highest BCUT2D eigenvalue weighted by Gasteiger charge is 2.04. The van der Waals surface area contributed by atoms with E-state index in [2.05, 4.69) is 50.5 Å². The largest absolute Gasteiger partial charge is 0.496 e. The SMILES string of the molecule is COc1cc(OCc2ccncc2)ccc1C=Cc1cc(C=Cc2ccc3[nH]ccc3c2)n[nH]1. The Morgan fingerprint density at radius 3 is 2.68 bits per heavy atom. The van der Waals surface area contributed by atoms with Crippen LogP contribution in [0, 0.1) is 0 Å². The van der Waals surface area contributed by atoms with Gasteiger partial charge < -0.3 is 14.5 Å². The minimum atomic E-state index is 0.477. The molecule has 5 aromatic rings. The number of ether oxygens (including phenoxy) is 2. The van der Waals surface area contributed by atoms with E-state index in [1.165, 1.54) is 5.39 Å². The summed E-state index contributed by atoms with van der Waals surface area (Å²) in [4.78, 5) is 7.23. The van der Waals surface area contributed by atoms with E-state index in [9.17, 15) is 0 Å². The van der Waals surface area contributed by atoms with Crippen LogP contribution in [0.2, 0.25) is 0 Å². The third kappa shape index (κ3) is 5.07. The summed E-state index contributed by atoms with van der Waals surface area (Å²) in [5.41, 5.74) is 6.04. The number of pyridine rings is 1. The van der Waals surface area contributed by atoms with Crippen LogP contribution in [0.1, 0.15) is 28.1 Å². The molecule has 6 heteroatoms. The van der Waals surface area contributed by atoms with Crippen molar-refractivity contribution in [2.75, 3.05) is 7.11 Å². The first kappa shape index (κ1) is 21.3. The molecule has 3 heterocycles. The van der Waals surface area contributed by atoms with Crippen LogP contribution in [0.5, 0.6) is 11.5 Å². The van der Waals surface area contributed by atoms with Crippen LogP contribution in [0.4, 0.5) is 0 Å². The van der Waals surface area contributed by atoms with Gasteiger partial charge in [0, 0.05) is 35.7 Å². The number of nitrogens with one attached hydrogen (secondary N) is 2. The molecule has 0 spiro atoms. The lowest BCUT2D eigenvalue weighted by Crippen LogP contribution is -1.96. The number of nitrogens with zero attached hydrogens (tertiary/aromatic N) is 2. The number of methoxy groups -OCH3 is 1. The van der Waals surface area contributed by atoms with Crippen molar-refractivity contribution >= 4 is 35.2 Å². The molecule has 0 unspecified atom stereocenters. The average molecular weight is 449 g/mol. The number of hydrogen-bond acceptors (Lipinski definition) is 4. The Balaban J connectivity index is 1.24. The second kappa shape index (κ2) is 9.92. The summed E-state index contributed by atoms with van der Waals surface area (Å²) in [6, 6.07) is 20.0. The van der Waals surface area contributed by atoms with E-state index >= 15 is 0 Å². The predicted molar refractivity (Wildman–Crippen MR) is 136 cm³/mol. The van der Waals surface area contributed by atoms with Crippen molar-refractivity contribution in [1.82, 2.24) is 20.2 Å². The van der Waals surface area contributed by atoms with Crippen LogP contribution in [0.3, 0.4) is 0 Å². The number of fused-ring (bicyclic) bond motifs is 1. The van der Waals surface area contributed by atoms with E-state index in [1.54, 1.807) is 19.5 Å². The third-order valence-electron chi connectivity index (χ3n) is 5.44. The van der Waals surface area contributed by atoms with E-state index in [1.807, 2.05) is 60.8 Å². The first-order valence-corrected chi connectivity index (χ1v) is 11.0. The van der Waals surface area contributed by atoms with Crippen molar-refractivity contribution in [1.29, 1.82) is 0 Å². The van der Waals surface area contributed by atoms with E-state index in [-0.39, 0.29) is 0 Å². The highest BCUT2D eigenvalue weighted by Crippen LogP contribution is 2.27. The fraction of sp³-hybridized carbons (Fsp3) is 0.0714. The van der Waals surface area contributed by atoms with Crippen LogP contribution >= 0.6 is 0 Å². The molecular weight excluding hydrogens is 424 g/mol. The zero-order valence-electron chi connectivity index (χ0n) is 18.7. The molecule has 0 saturated heterocycles. The molecule has 168 valence electrons. The fourth-order valence-corrected chi connectivity index (χ4v) is 3.62. The summed E-state index contributed by atoms with van der Waals surface area (Å²) < 4.78 is 11.4. The molecule has 0 aliphatic carbocycles. The highest BCUT2D eigenvalue weighted by molar-refractivity contribution is 5.83. The number of H-pyrrole nitrogens is 2. The van der Waals surface area contributed by atoms with Crippen LogP contribution in [-0.4, -0.2) is 27.3 Å². The minimum Gasteiger partial charge on any atom is -0.496 e. The van der Waals surface area contributed by atoms with Gasteiger partial charge in [0.25, 0.3) is 0 Å². The molecule has 34 heavy (non-hydrogen) atoms. The summed E-state index contributed by atoms with van der Waals surface area (Å²) in [5, 5.41) is 8.63. The topological polar surface area (TPSA) is 75.8 Å². The Morgan fingerprint density at radius 1 is 0.882 bits per heavy atom. The smallest absolute Gasteiger partial charge is 0.129 e. The number of rotatable bonds is 8. The normalized spacial score (nSPS) is 11.6. The molecule has 5 rings (SSSR count). The first-order chi connectivity index (χ1) is 16.8. The van der Waals surface area contributed by atoms with Gasteiger partial charge in [-0.05, 0) is 83.3 Å². The lowest BCUT2D eigenvalue weighted by Gasteiger charge is -2.10. The van der Waals surface area contributed by atoms with Gasteiger partial charge in [-0.1, -0.05) is 12.1 Å². The number of benzene rings is 2. The van der Waals surface area contributed by atoms with Crippen molar-refractivity contribution in [3.8, 4) is 11.5 Å². The lowest BCUT2D eigenvalue weighted by molar-refractivity contribution is 0.303. The van der Waals surface area contributed by atoms with Gasteiger partial charge in [0.05, 0.1) is 18.5 Å². The summed E-state index contributed by atoms with van der Waals surface area (Å²) >= 11 is 0. The van der Waals surface area contributed by atoms with Gasteiger partial charge in [-0.3, -0.25) is 10.1 Å². The number of aromatic nitrogens is 4. The van der Waals surface area contributed by atoms with Gasteiger partial charge >= 0.3 is 0 Å². The van der Waals surface area contributed by atoms with Gasteiger partial charge in [0.2, 0.25) is 0 Å². The van der Waals surface area contributed by atoms with Crippen molar-refractivity contribution < 1.29 is 9.47 Å². The van der Waals surface area contributed by atoms with Gasteiger partial charge in [0.15, 0.2) is 0 Å². The molecule has 0 atom stereocenters. The lowest BCUT2D eigenvalue weighted by atomic mass is 10.1. The molecule has 0 aliphatic heterocycles. The van der Waals surface area contributed by atoms with Crippen molar-refractivity contribution in [3.63, 3.8) is 0 Å². The van der Waals surface area contributed by atoms with E-state index in [0.29, 0.717) is 6.61 Å². The molecule has 2 N–H and O–H groups in total. The maximum absolute atomic E-state index is 5.88. The highest BCUT2D eigenvalue weighted by atomic mass is 16.5.